The van der Waals surface area contributed by atoms with Crippen LogP contribution in [0.25, 0.3) is 0 Å². The van der Waals surface area contributed by atoms with E-state index in [2.05, 4.69) is 141 Å². The van der Waals surface area contributed by atoms with Crippen molar-refractivity contribution >= 4 is 98.5 Å². The normalized spacial score (nSPS) is 10.9. The first-order valence-electron chi connectivity index (χ1n) is 6.72. The van der Waals surface area contributed by atoms with E-state index in [1.165, 1.54) is 10.7 Å². The molecule has 3 aromatic rings. The Labute approximate surface area is 179 Å². The van der Waals surface area contributed by atoms with Gasteiger partial charge in [0, 0.05) is 0 Å². The minimum atomic E-state index is -2.00. The molecular weight excluding hydrogens is 719 g/mol. The number of hydrogen-bond donors (Lipinski definition) is 0. The Morgan fingerprint density at radius 3 is 1.00 bits per heavy atom. The summed E-state index contributed by atoms with van der Waals surface area (Å²) in [7, 11) is 0. The summed E-state index contributed by atoms with van der Waals surface area (Å²) in [6, 6.07) is 26.6. The molecule has 0 saturated carbocycles. The van der Waals surface area contributed by atoms with Gasteiger partial charge in [0.1, 0.15) is 0 Å². The molecule has 0 aliphatic heterocycles. The fourth-order valence-corrected chi connectivity index (χ4v) is 15.0. The Hall–Kier alpha value is 0.668. The summed E-state index contributed by atoms with van der Waals surface area (Å²) in [5.74, 6) is 0. The van der Waals surface area contributed by atoms with E-state index in [0.29, 0.717) is 0 Å². The van der Waals surface area contributed by atoms with Gasteiger partial charge < -0.3 is 0 Å². The van der Waals surface area contributed by atoms with E-state index in [0.717, 1.165) is 0 Å². The van der Waals surface area contributed by atoms with Crippen LogP contribution in [0.2, 0.25) is 0 Å². The van der Waals surface area contributed by atoms with Crippen LogP contribution in [0.4, 0.5) is 0 Å². The van der Waals surface area contributed by atoms with E-state index in [1.807, 2.05) is 0 Å². The molecule has 0 unspecified atom stereocenters. The van der Waals surface area contributed by atoms with Crippen molar-refractivity contribution in [1.82, 2.24) is 0 Å². The van der Waals surface area contributed by atoms with Crippen LogP contribution in [0.1, 0.15) is 0 Å². The molecule has 0 saturated heterocycles. The van der Waals surface area contributed by atoms with Gasteiger partial charge in [-0.2, -0.15) is 0 Å². The Bertz CT molecular complexity index is 693. The van der Waals surface area contributed by atoms with Crippen molar-refractivity contribution < 1.29 is 0 Å². The van der Waals surface area contributed by atoms with Crippen LogP contribution in [0.5, 0.6) is 0 Å². The minimum absolute atomic E-state index is 1.39. The first kappa shape index (κ1) is 17.5. The fourth-order valence-electron chi connectivity index (χ4n) is 2.29. The molecule has 110 valence electrons. The summed E-state index contributed by atoms with van der Waals surface area (Å²) in [5.41, 5.74) is 0. The van der Waals surface area contributed by atoms with E-state index in [-0.39, 0.29) is 0 Å². The molecule has 3 rings (SSSR count). The average Bonchev–Trinajstić information content (AvgIpc) is 2.53. The molecule has 0 N–H and O–H groups in total. The second-order valence-electron chi connectivity index (χ2n) is 4.69. The second-order valence-corrected chi connectivity index (χ2v) is 14.2. The van der Waals surface area contributed by atoms with Crippen molar-refractivity contribution in [3.8, 4) is 0 Å². The first-order chi connectivity index (χ1) is 10.7. The van der Waals surface area contributed by atoms with Crippen molar-refractivity contribution in [2.24, 2.45) is 0 Å². The van der Waals surface area contributed by atoms with E-state index in [1.54, 1.807) is 10.5 Å². The van der Waals surface area contributed by atoms with E-state index >= 15 is 0 Å². The average molecular weight is 731 g/mol. The first-order valence-corrected chi connectivity index (χ1v) is 13.8. The summed E-state index contributed by atoms with van der Waals surface area (Å²) in [6.07, 6.45) is 0. The Morgan fingerprint density at radius 2 is 0.727 bits per heavy atom. The molecule has 0 heterocycles. The van der Waals surface area contributed by atoms with Gasteiger partial charge in [-0.3, -0.25) is 0 Å². The third-order valence-corrected chi connectivity index (χ3v) is 17.4. The van der Waals surface area contributed by atoms with E-state index in [4.69, 9.17) is 0 Å². The Balaban J connectivity index is 2.27. The molecule has 0 fully saturated rings. The quantitative estimate of drug-likeness (QED) is 0.283. The molecule has 0 spiro atoms. The van der Waals surface area contributed by atoms with Crippen molar-refractivity contribution in [3.63, 3.8) is 0 Å². The molecule has 0 aliphatic carbocycles. The van der Waals surface area contributed by atoms with Crippen molar-refractivity contribution in [2.45, 2.75) is 0 Å². The molecule has 0 radical (unpaired) electrons. The predicted octanol–water partition coefficient (Wildman–Crippen LogP) is 4.02. The van der Waals surface area contributed by atoms with E-state index in [9.17, 15) is 0 Å². The zero-order valence-electron chi connectivity index (χ0n) is 11.5. The van der Waals surface area contributed by atoms with Crippen LogP contribution >= 0.6 is 67.8 Å². The maximum atomic E-state index is 2.49. The van der Waals surface area contributed by atoms with Crippen LogP contribution in [0.3, 0.4) is 0 Å². The van der Waals surface area contributed by atoms with Crippen LogP contribution in [0, 0.1) is 10.7 Å². The molecule has 0 aromatic heterocycles. The van der Waals surface area contributed by atoms with Crippen LogP contribution in [0.15, 0.2) is 72.8 Å². The molecular formula is C18H12I3Sb. The Morgan fingerprint density at radius 1 is 0.455 bits per heavy atom. The summed E-state index contributed by atoms with van der Waals surface area (Å²) in [6.45, 7) is 0. The van der Waals surface area contributed by atoms with Crippen LogP contribution in [-0.2, 0) is 0 Å². The van der Waals surface area contributed by atoms with Gasteiger partial charge in [0.25, 0.3) is 0 Å². The number of rotatable bonds is 3. The van der Waals surface area contributed by atoms with Crippen molar-refractivity contribution in [3.05, 3.63) is 83.5 Å². The van der Waals surface area contributed by atoms with Gasteiger partial charge in [0.15, 0.2) is 0 Å². The molecule has 22 heavy (non-hydrogen) atoms. The summed E-state index contributed by atoms with van der Waals surface area (Å²) >= 11 is 5.48. The van der Waals surface area contributed by atoms with Gasteiger partial charge in [-0.1, -0.05) is 0 Å². The number of hydrogen-bond acceptors (Lipinski definition) is 0. The Kier molecular flexibility index (Phi) is 6.49. The molecule has 4 heteroatoms. The van der Waals surface area contributed by atoms with Gasteiger partial charge in [-0.25, -0.2) is 0 Å². The number of halogens is 3. The molecule has 0 atom stereocenters. The molecule has 0 aliphatic rings. The third-order valence-electron chi connectivity index (χ3n) is 3.28. The maximum absolute atomic E-state index is 2.49. The second kappa shape index (κ2) is 8.17. The molecule has 0 bridgehead atoms. The van der Waals surface area contributed by atoms with Crippen molar-refractivity contribution in [1.29, 1.82) is 0 Å². The topological polar surface area (TPSA) is 0 Å². The number of benzene rings is 3. The fraction of sp³-hybridized carbons (Fsp3) is 0. The zero-order valence-corrected chi connectivity index (χ0v) is 20.5. The summed E-state index contributed by atoms with van der Waals surface area (Å²) < 4.78 is 8.84. The summed E-state index contributed by atoms with van der Waals surface area (Å²) in [5, 5.41) is 0. The van der Waals surface area contributed by atoms with Crippen LogP contribution < -0.4 is 10.5 Å². The standard InChI is InChI=1S/3C6H4I.Sb/c3*7-6-4-2-1-3-5-6;/h3*1-4H;. The molecule has 0 nitrogen and oxygen atoms in total. The van der Waals surface area contributed by atoms with Crippen molar-refractivity contribution in [2.75, 3.05) is 0 Å². The van der Waals surface area contributed by atoms with Gasteiger partial charge in [0.2, 0.25) is 0 Å². The summed E-state index contributed by atoms with van der Waals surface area (Å²) in [4.78, 5) is 0. The monoisotopic (exact) mass is 730 g/mol. The predicted molar refractivity (Wildman–Crippen MR) is 122 cm³/mol. The third kappa shape index (κ3) is 3.83. The van der Waals surface area contributed by atoms with Gasteiger partial charge in [0.05, 0.1) is 0 Å². The molecule has 3 aromatic carbocycles. The van der Waals surface area contributed by atoms with Gasteiger partial charge >= 0.3 is 182 Å². The van der Waals surface area contributed by atoms with Crippen LogP contribution in [-0.4, -0.2) is 20.2 Å². The van der Waals surface area contributed by atoms with E-state index < -0.39 is 20.2 Å². The SMILES string of the molecule is Ic1cccc[c]1[Sb]([c]1ccccc1I)[c]1ccccc1I. The van der Waals surface area contributed by atoms with Gasteiger partial charge in [-0.15, -0.1) is 0 Å². The van der Waals surface area contributed by atoms with Gasteiger partial charge in [-0.05, 0) is 0 Å². The molecule has 0 amide bonds. The zero-order chi connectivity index (χ0) is 15.5.